The molecular weight excluding hydrogens is 382 g/mol. The third-order valence-corrected chi connectivity index (χ3v) is 5.27. The molecule has 0 aliphatic heterocycles. The van der Waals surface area contributed by atoms with Crippen molar-refractivity contribution in [1.82, 2.24) is 5.32 Å². The Morgan fingerprint density at radius 1 is 0.778 bits per heavy atom. The van der Waals surface area contributed by atoms with Crippen molar-refractivity contribution < 1.29 is 14.4 Å². The van der Waals surface area contributed by atoms with E-state index in [9.17, 15) is 14.4 Å². The second-order valence-electron chi connectivity index (χ2n) is 5.54. The number of benzene rings is 1. The minimum absolute atomic E-state index is 0.156. The quantitative estimate of drug-likeness (QED) is 0.564. The fourth-order valence-corrected chi connectivity index (χ4v) is 3.54. The lowest BCUT2D eigenvalue weighted by Gasteiger charge is -2.09. The molecule has 0 atom stereocenters. The number of rotatable bonds is 7. The number of anilines is 2. The molecule has 2 heterocycles. The molecule has 0 unspecified atom stereocenters. The van der Waals surface area contributed by atoms with E-state index >= 15 is 0 Å². The van der Waals surface area contributed by atoms with Gasteiger partial charge in [0.1, 0.15) is 0 Å². The molecule has 1 aromatic carbocycles. The van der Waals surface area contributed by atoms with E-state index in [1.807, 2.05) is 16.8 Å². The van der Waals surface area contributed by atoms with Crippen LogP contribution in [0, 0.1) is 0 Å². The van der Waals surface area contributed by atoms with Crippen LogP contribution >= 0.6 is 22.7 Å². The van der Waals surface area contributed by atoms with Crippen LogP contribution in [-0.2, 0) is 4.79 Å². The summed E-state index contributed by atoms with van der Waals surface area (Å²) in [5.74, 6) is -0.593. The lowest BCUT2D eigenvalue weighted by Crippen LogP contribution is -2.27. The van der Waals surface area contributed by atoms with Gasteiger partial charge in [0.2, 0.25) is 5.91 Å². The largest absolute Gasteiger partial charge is 0.351 e. The van der Waals surface area contributed by atoms with Crippen molar-refractivity contribution in [3.05, 3.63) is 69.0 Å². The van der Waals surface area contributed by atoms with Gasteiger partial charge in [-0.3, -0.25) is 14.4 Å². The summed E-state index contributed by atoms with van der Waals surface area (Å²) in [6, 6.07) is 14.0. The number of nitrogens with one attached hydrogen (secondary N) is 3. The van der Waals surface area contributed by atoms with Crippen molar-refractivity contribution >= 4 is 51.8 Å². The number of hydrogen-bond acceptors (Lipinski definition) is 5. The van der Waals surface area contributed by atoms with E-state index in [4.69, 9.17) is 0 Å². The second-order valence-corrected chi connectivity index (χ2v) is 7.44. The van der Waals surface area contributed by atoms with Gasteiger partial charge in [-0.2, -0.15) is 0 Å². The van der Waals surface area contributed by atoms with Crippen LogP contribution in [0.2, 0.25) is 0 Å². The maximum Gasteiger partial charge on any atom is 0.265 e. The van der Waals surface area contributed by atoms with Crippen molar-refractivity contribution in [1.29, 1.82) is 0 Å². The molecule has 138 valence electrons. The second kappa shape index (κ2) is 9.11. The van der Waals surface area contributed by atoms with Crippen molar-refractivity contribution in [2.24, 2.45) is 0 Å². The van der Waals surface area contributed by atoms with Crippen LogP contribution in [0.4, 0.5) is 11.4 Å². The van der Waals surface area contributed by atoms with Crippen molar-refractivity contribution in [3.63, 3.8) is 0 Å². The number of carbonyl (C=O) groups excluding carboxylic acids is 3. The maximum atomic E-state index is 12.1. The zero-order chi connectivity index (χ0) is 19.1. The Kier molecular flexibility index (Phi) is 6.35. The molecule has 0 spiro atoms. The summed E-state index contributed by atoms with van der Waals surface area (Å²) in [4.78, 5) is 37.2. The molecule has 3 amide bonds. The smallest absolute Gasteiger partial charge is 0.265 e. The normalized spacial score (nSPS) is 10.2. The minimum Gasteiger partial charge on any atom is -0.351 e. The zero-order valence-corrected chi connectivity index (χ0v) is 15.9. The first-order valence-electron chi connectivity index (χ1n) is 8.18. The van der Waals surface area contributed by atoms with E-state index in [1.165, 1.54) is 22.7 Å². The molecule has 3 rings (SSSR count). The predicted molar refractivity (Wildman–Crippen MR) is 109 cm³/mol. The van der Waals surface area contributed by atoms with Gasteiger partial charge >= 0.3 is 0 Å². The summed E-state index contributed by atoms with van der Waals surface area (Å²) < 4.78 is 0. The van der Waals surface area contributed by atoms with Gasteiger partial charge in [0.25, 0.3) is 11.8 Å². The number of carbonyl (C=O) groups is 3. The predicted octanol–water partition coefficient (Wildman–Crippen LogP) is 3.82. The highest BCUT2D eigenvalue weighted by Crippen LogP contribution is 2.17. The van der Waals surface area contributed by atoms with Gasteiger partial charge in [0.05, 0.1) is 9.75 Å². The highest BCUT2D eigenvalue weighted by molar-refractivity contribution is 7.12. The summed E-state index contributed by atoms with van der Waals surface area (Å²) in [6.45, 7) is 0.247. The number of amides is 3. The van der Waals surface area contributed by atoms with Crippen LogP contribution in [-0.4, -0.2) is 24.3 Å². The molecule has 0 fully saturated rings. The van der Waals surface area contributed by atoms with Crippen LogP contribution in [0.1, 0.15) is 25.8 Å². The topological polar surface area (TPSA) is 87.3 Å². The highest BCUT2D eigenvalue weighted by Gasteiger charge is 2.09. The van der Waals surface area contributed by atoms with Crippen molar-refractivity contribution in [2.45, 2.75) is 6.42 Å². The molecule has 3 aromatic rings. The molecule has 2 aromatic heterocycles. The lowest BCUT2D eigenvalue weighted by molar-refractivity contribution is -0.116. The molecule has 27 heavy (non-hydrogen) atoms. The van der Waals surface area contributed by atoms with Crippen LogP contribution in [0.3, 0.4) is 0 Å². The Hall–Kier alpha value is -2.97. The first kappa shape index (κ1) is 18.8. The van der Waals surface area contributed by atoms with Gasteiger partial charge in [-0.1, -0.05) is 18.2 Å². The van der Waals surface area contributed by atoms with E-state index in [0.29, 0.717) is 21.1 Å². The molecular formula is C19H17N3O3S2. The van der Waals surface area contributed by atoms with Gasteiger partial charge < -0.3 is 16.0 Å². The Balaban J connectivity index is 1.48. The van der Waals surface area contributed by atoms with E-state index in [0.717, 1.165) is 0 Å². The first-order chi connectivity index (χ1) is 13.1. The first-order valence-corrected chi connectivity index (χ1v) is 9.94. The third kappa shape index (κ3) is 5.50. The van der Waals surface area contributed by atoms with Gasteiger partial charge in [-0.25, -0.2) is 0 Å². The van der Waals surface area contributed by atoms with Crippen molar-refractivity contribution in [2.75, 3.05) is 17.2 Å². The van der Waals surface area contributed by atoms with Crippen molar-refractivity contribution in [3.8, 4) is 0 Å². The van der Waals surface area contributed by atoms with Gasteiger partial charge in [-0.05, 0) is 41.1 Å². The summed E-state index contributed by atoms with van der Waals surface area (Å²) in [5, 5.41) is 11.9. The molecule has 0 aliphatic carbocycles. The fraction of sp³-hybridized carbons (Fsp3) is 0.105. The number of hydrogen-bond donors (Lipinski definition) is 3. The van der Waals surface area contributed by atoms with Gasteiger partial charge in [0, 0.05) is 24.3 Å². The molecule has 0 bridgehead atoms. The zero-order valence-electron chi connectivity index (χ0n) is 14.2. The molecule has 6 nitrogen and oxygen atoms in total. The van der Waals surface area contributed by atoms with Crippen LogP contribution in [0.15, 0.2) is 59.3 Å². The maximum absolute atomic E-state index is 12.1. The van der Waals surface area contributed by atoms with E-state index in [2.05, 4.69) is 16.0 Å². The van der Waals surface area contributed by atoms with E-state index < -0.39 is 0 Å². The molecule has 0 saturated carbocycles. The summed E-state index contributed by atoms with van der Waals surface area (Å²) in [6.07, 6.45) is 0.156. The minimum atomic E-state index is -0.219. The number of thiophene rings is 2. The lowest BCUT2D eigenvalue weighted by atomic mass is 10.2. The molecule has 0 saturated heterocycles. The third-order valence-electron chi connectivity index (χ3n) is 3.53. The van der Waals surface area contributed by atoms with Crippen LogP contribution < -0.4 is 16.0 Å². The summed E-state index contributed by atoms with van der Waals surface area (Å²) in [7, 11) is 0. The van der Waals surface area contributed by atoms with Gasteiger partial charge in [0.15, 0.2) is 0 Å². The monoisotopic (exact) mass is 399 g/mol. The molecule has 0 radical (unpaired) electrons. The van der Waals surface area contributed by atoms with E-state index in [-0.39, 0.29) is 30.7 Å². The summed E-state index contributed by atoms with van der Waals surface area (Å²) >= 11 is 2.71. The highest BCUT2D eigenvalue weighted by atomic mass is 32.1. The SMILES string of the molecule is O=C(CCNC(=O)c1cccs1)Nc1cccc(NC(=O)c2cccs2)c1. The average molecular weight is 399 g/mol. The van der Waals surface area contributed by atoms with Gasteiger partial charge in [-0.15, -0.1) is 22.7 Å². The molecule has 0 aliphatic rings. The standard InChI is InChI=1S/C19H17N3O3S2/c23-17(8-9-20-18(24)15-6-2-10-26-15)21-13-4-1-5-14(12-13)22-19(25)16-7-3-11-27-16/h1-7,10-12H,8-9H2,(H,20,24)(H,21,23)(H,22,25). The Bertz CT molecular complexity index is 922. The molecule has 3 N–H and O–H groups in total. The van der Waals surface area contributed by atoms with Crippen LogP contribution in [0.5, 0.6) is 0 Å². The Morgan fingerprint density at radius 2 is 1.41 bits per heavy atom. The average Bonchev–Trinajstić information content (AvgIpc) is 3.36. The fourth-order valence-electron chi connectivity index (χ4n) is 2.28. The Morgan fingerprint density at radius 3 is 2.04 bits per heavy atom. The summed E-state index contributed by atoms with van der Waals surface area (Å²) in [5.41, 5.74) is 1.17. The molecule has 8 heteroatoms. The van der Waals surface area contributed by atoms with Crippen LogP contribution in [0.25, 0.3) is 0 Å². The van der Waals surface area contributed by atoms with E-state index in [1.54, 1.807) is 42.5 Å². The Labute approximate surface area is 164 Å².